The Bertz CT molecular complexity index is 864. The van der Waals surface area contributed by atoms with Crippen LogP contribution in [-0.2, 0) is 13.6 Å². The van der Waals surface area contributed by atoms with E-state index in [4.69, 9.17) is 9.05 Å². The molecule has 124 valence electrons. The van der Waals surface area contributed by atoms with Crippen molar-refractivity contribution in [2.75, 3.05) is 13.2 Å². The summed E-state index contributed by atoms with van der Waals surface area (Å²) in [6.45, 7) is 4.34. The first-order valence-electron chi connectivity index (χ1n) is 8.15. The third-order valence-electron chi connectivity index (χ3n) is 3.85. The van der Waals surface area contributed by atoms with E-state index >= 15 is 0 Å². The van der Waals surface area contributed by atoms with Gasteiger partial charge < -0.3 is 9.05 Å². The lowest BCUT2D eigenvalue weighted by Gasteiger charge is -2.17. The maximum atomic E-state index is 12.9. The van der Waals surface area contributed by atoms with Crippen molar-refractivity contribution in [3.05, 3.63) is 66.7 Å². The highest BCUT2D eigenvalue weighted by Gasteiger charge is 2.26. The van der Waals surface area contributed by atoms with Crippen LogP contribution in [0.3, 0.4) is 0 Å². The van der Waals surface area contributed by atoms with Crippen molar-refractivity contribution in [1.29, 1.82) is 0 Å². The van der Waals surface area contributed by atoms with E-state index in [1.165, 1.54) is 5.56 Å². The molecule has 0 aromatic heterocycles. The highest BCUT2D eigenvalue weighted by molar-refractivity contribution is 7.62. The molecule has 24 heavy (non-hydrogen) atoms. The molecule has 3 nitrogen and oxygen atoms in total. The van der Waals surface area contributed by atoms with Crippen molar-refractivity contribution < 1.29 is 13.6 Å². The third kappa shape index (κ3) is 3.44. The van der Waals surface area contributed by atoms with Crippen molar-refractivity contribution >= 4 is 23.7 Å². The van der Waals surface area contributed by atoms with Crippen LogP contribution in [-0.4, -0.2) is 13.2 Å². The number of hydrogen-bond donors (Lipinski definition) is 0. The lowest BCUT2D eigenvalue weighted by Crippen LogP contribution is -2.10. The van der Waals surface area contributed by atoms with Gasteiger partial charge in [0.25, 0.3) is 0 Å². The van der Waals surface area contributed by atoms with Crippen LogP contribution in [0, 0.1) is 0 Å². The van der Waals surface area contributed by atoms with E-state index in [9.17, 15) is 4.57 Å². The quantitative estimate of drug-likeness (QED) is 0.564. The average molecular weight is 340 g/mol. The normalized spacial score (nSPS) is 11.8. The second kappa shape index (κ2) is 7.31. The molecule has 0 aliphatic heterocycles. The zero-order chi connectivity index (χ0) is 17.0. The summed E-state index contributed by atoms with van der Waals surface area (Å²) in [6, 6.07) is 22.2. The molecule has 3 aromatic rings. The van der Waals surface area contributed by atoms with E-state index in [0.717, 1.165) is 16.3 Å². The van der Waals surface area contributed by atoms with Gasteiger partial charge in [-0.3, -0.25) is 4.57 Å². The Hall–Kier alpha value is -1.93. The van der Waals surface area contributed by atoms with Crippen LogP contribution in [0.4, 0.5) is 0 Å². The largest absolute Gasteiger partial charge is 0.361 e. The van der Waals surface area contributed by atoms with E-state index in [0.29, 0.717) is 18.5 Å². The van der Waals surface area contributed by atoms with E-state index in [1.54, 1.807) is 0 Å². The molecule has 0 bridgehead atoms. The second-order valence-corrected chi connectivity index (χ2v) is 7.47. The Balaban J connectivity index is 2.02. The van der Waals surface area contributed by atoms with Gasteiger partial charge in [0.1, 0.15) is 0 Å². The molecule has 0 aliphatic rings. The zero-order valence-corrected chi connectivity index (χ0v) is 14.8. The van der Waals surface area contributed by atoms with E-state index in [2.05, 4.69) is 24.3 Å². The Kier molecular flexibility index (Phi) is 5.15. The minimum absolute atomic E-state index is 0.349. The monoisotopic (exact) mass is 340 g/mol. The lowest BCUT2D eigenvalue weighted by molar-refractivity contribution is 0.230. The molecule has 0 N–H and O–H groups in total. The predicted molar refractivity (Wildman–Crippen MR) is 99.9 cm³/mol. The van der Waals surface area contributed by atoms with Gasteiger partial charge in [0.05, 0.1) is 18.5 Å². The maximum absolute atomic E-state index is 12.9. The van der Waals surface area contributed by atoms with E-state index in [1.807, 2.05) is 56.3 Å². The first-order chi connectivity index (χ1) is 11.7. The van der Waals surface area contributed by atoms with Crippen LogP contribution in [0.25, 0.3) is 21.9 Å². The minimum Gasteiger partial charge on any atom is -0.305 e. The fourth-order valence-electron chi connectivity index (χ4n) is 2.74. The second-order valence-electron chi connectivity index (χ2n) is 5.45. The number of rotatable bonds is 6. The SMILES string of the molecule is CCOP(=O)(OCC)c1ccc2cc(-c3ccccc3)ccc2c1. The van der Waals surface area contributed by atoms with Crippen molar-refractivity contribution in [3.63, 3.8) is 0 Å². The Labute approximate surface area is 142 Å². The van der Waals surface area contributed by atoms with Crippen molar-refractivity contribution in [1.82, 2.24) is 0 Å². The molecule has 0 atom stereocenters. The van der Waals surface area contributed by atoms with Crippen LogP contribution >= 0.6 is 7.60 Å². The van der Waals surface area contributed by atoms with Gasteiger partial charge in [0.15, 0.2) is 0 Å². The topological polar surface area (TPSA) is 35.5 Å². The summed E-state index contributed by atoms with van der Waals surface area (Å²) in [5, 5.41) is 2.72. The molecule has 0 spiro atoms. The van der Waals surface area contributed by atoms with E-state index < -0.39 is 7.60 Å². The van der Waals surface area contributed by atoms with Gasteiger partial charge in [-0.1, -0.05) is 48.5 Å². The van der Waals surface area contributed by atoms with Crippen LogP contribution in [0.5, 0.6) is 0 Å². The Morgan fingerprint density at radius 1 is 0.750 bits per heavy atom. The first-order valence-corrected chi connectivity index (χ1v) is 9.69. The molecule has 0 heterocycles. The molecule has 3 rings (SSSR count). The highest BCUT2D eigenvalue weighted by Crippen LogP contribution is 2.47. The molecule has 3 aromatic carbocycles. The van der Waals surface area contributed by atoms with Crippen molar-refractivity contribution in [2.45, 2.75) is 13.8 Å². The molecule has 0 saturated heterocycles. The van der Waals surface area contributed by atoms with Gasteiger partial charge in [-0.25, -0.2) is 0 Å². The number of hydrogen-bond acceptors (Lipinski definition) is 3. The molecule has 0 aliphatic carbocycles. The van der Waals surface area contributed by atoms with Gasteiger partial charge in [0, 0.05) is 0 Å². The van der Waals surface area contributed by atoms with Crippen LogP contribution < -0.4 is 5.30 Å². The standard InChI is InChI=1S/C20H21O3P/c1-3-22-24(21,23-4-2)20-13-12-18-14-17(10-11-19(18)15-20)16-8-6-5-7-9-16/h5-15H,3-4H2,1-2H3. The summed E-state index contributed by atoms with van der Waals surface area (Å²) in [7, 11) is -3.25. The Morgan fingerprint density at radius 2 is 1.38 bits per heavy atom. The summed E-state index contributed by atoms with van der Waals surface area (Å²) < 4.78 is 23.8. The van der Waals surface area contributed by atoms with Crippen LogP contribution in [0.2, 0.25) is 0 Å². The minimum atomic E-state index is -3.25. The van der Waals surface area contributed by atoms with Gasteiger partial charge in [-0.05, 0) is 53.9 Å². The summed E-state index contributed by atoms with van der Waals surface area (Å²) in [6.07, 6.45) is 0. The van der Waals surface area contributed by atoms with E-state index in [-0.39, 0.29) is 0 Å². The summed E-state index contributed by atoms with van der Waals surface area (Å²) >= 11 is 0. The predicted octanol–water partition coefficient (Wildman–Crippen LogP) is 5.40. The van der Waals surface area contributed by atoms with Crippen molar-refractivity contribution in [2.24, 2.45) is 0 Å². The van der Waals surface area contributed by atoms with Crippen LogP contribution in [0.15, 0.2) is 66.7 Å². The fourth-order valence-corrected chi connectivity index (χ4v) is 4.35. The molecule has 0 radical (unpaired) electrons. The number of fused-ring (bicyclic) bond motifs is 1. The average Bonchev–Trinajstić information content (AvgIpc) is 2.62. The zero-order valence-electron chi connectivity index (χ0n) is 13.9. The number of benzene rings is 3. The summed E-state index contributed by atoms with van der Waals surface area (Å²) in [5.74, 6) is 0. The molecule has 4 heteroatoms. The maximum Gasteiger partial charge on any atom is 0.361 e. The molecule has 0 unspecified atom stereocenters. The molecule has 0 saturated carbocycles. The molecule has 0 fully saturated rings. The summed E-state index contributed by atoms with van der Waals surface area (Å²) in [4.78, 5) is 0. The van der Waals surface area contributed by atoms with Crippen LogP contribution in [0.1, 0.15) is 13.8 Å². The van der Waals surface area contributed by atoms with Crippen molar-refractivity contribution in [3.8, 4) is 11.1 Å². The molecular formula is C20H21O3P. The first kappa shape index (κ1) is 16.9. The van der Waals surface area contributed by atoms with Gasteiger partial charge >= 0.3 is 7.60 Å². The third-order valence-corrected chi connectivity index (χ3v) is 5.95. The molecule has 0 amide bonds. The van der Waals surface area contributed by atoms with Gasteiger partial charge in [0.2, 0.25) is 0 Å². The lowest BCUT2D eigenvalue weighted by atomic mass is 10.0. The van der Waals surface area contributed by atoms with Gasteiger partial charge in [-0.2, -0.15) is 0 Å². The smallest absolute Gasteiger partial charge is 0.305 e. The summed E-state index contributed by atoms with van der Waals surface area (Å²) in [5.41, 5.74) is 2.34. The fraction of sp³-hybridized carbons (Fsp3) is 0.200. The van der Waals surface area contributed by atoms with Gasteiger partial charge in [-0.15, -0.1) is 0 Å². The molecular weight excluding hydrogens is 319 g/mol. The highest BCUT2D eigenvalue weighted by atomic mass is 31.2. The Morgan fingerprint density at radius 3 is 2.04 bits per heavy atom.